The summed E-state index contributed by atoms with van der Waals surface area (Å²) in [6.45, 7) is 1.90. The van der Waals surface area contributed by atoms with Crippen molar-refractivity contribution in [2.75, 3.05) is 15.5 Å². The summed E-state index contributed by atoms with van der Waals surface area (Å²) in [5, 5.41) is 5.15. The van der Waals surface area contributed by atoms with Gasteiger partial charge in [0.2, 0.25) is 0 Å². The zero-order chi connectivity index (χ0) is 23.7. The molecule has 0 bridgehead atoms. The molecule has 33 heavy (non-hydrogen) atoms. The van der Waals surface area contributed by atoms with Crippen molar-refractivity contribution in [3.8, 4) is 0 Å². The minimum absolute atomic E-state index is 0.0552. The third kappa shape index (κ3) is 4.60. The monoisotopic (exact) mass is 483 g/mol. The van der Waals surface area contributed by atoms with E-state index in [1.807, 2.05) is 6.92 Å². The van der Waals surface area contributed by atoms with E-state index < -0.39 is 23.5 Å². The fraction of sp³-hybridized carbons (Fsp3) is 0.0417. The summed E-state index contributed by atoms with van der Waals surface area (Å²) in [5.41, 5.74) is 2.46. The highest BCUT2D eigenvalue weighted by Gasteiger charge is 2.38. The first-order chi connectivity index (χ1) is 15.7. The van der Waals surface area contributed by atoms with Crippen LogP contribution < -0.4 is 15.5 Å². The van der Waals surface area contributed by atoms with E-state index >= 15 is 0 Å². The molecular weight excluding hydrogens is 468 g/mol. The minimum Gasteiger partial charge on any atom is -0.350 e. The maximum atomic E-state index is 13.3. The van der Waals surface area contributed by atoms with Crippen LogP contribution in [0.15, 0.2) is 77.5 Å². The molecule has 1 aliphatic heterocycles. The molecule has 0 aliphatic carbocycles. The summed E-state index contributed by atoms with van der Waals surface area (Å²) in [7, 11) is 0. The number of halogens is 3. The van der Waals surface area contributed by atoms with Crippen molar-refractivity contribution in [3.63, 3.8) is 0 Å². The van der Waals surface area contributed by atoms with Crippen LogP contribution in [0.1, 0.15) is 15.9 Å². The van der Waals surface area contributed by atoms with E-state index in [-0.39, 0.29) is 15.8 Å². The molecular formula is C24H16Cl2FN3O3. The Morgan fingerprint density at radius 2 is 1.52 bits per heavy atom. The first-order valence-corrected chi connectivity index (χ1v) is 10.5. The molecule has 0 fully saturated rings. The molecule has 0 atom stereocenters. The molecule has 166 valence electrons. The predicted octanol–water partition coefficient (Wildman–Crippen LogP) is 5.48. The molecule has 3 amide bonds. The van der Waals surface area contributed by atoms with Crippen LogP contribution in [-0.4, -0.2) is 17.7 Å². The first-order valence-electron chi connectivity index (χ1n) is 9.73. The molecule has 4 rings (SSSR count). The normalized spacial score (nSPS) is 13.5. The van der Waals surface area contributed by atoms with Gasteiger partial charge in [0.25, 0.3) is 17.7 Å². The molecule has 0 aromatic heterocycles. The van der Waals surface area contributed by atoms with Crippen molar-refractivity contribution >= 4 is 58.0 Å². The van der Waals surface area contributed by atoms with Gasteiger partial charge in [-0.15, -0.1) is 0 Å². The number of hydrogen-bond acceptors (Lipinski definition) is 4. The third-order valence-electron chi connectivity index (χ3n) is 4.91. The predicted molar refractivity (Wildman–Crippen MR) is 126 cm³/mol. The van der Waals surface area contributed by atoms with Crippen molar-refractivity contribution in [1.29, 1.82) is 0 Å². The number of hydrogen-bond donors (Lipinski definition) is 2. The van der Waals surface area contributed by atoms with Crippen LogP contribution in [0.25, 0.3) is 0 Å². The standard InChI is InChI=1S/C24H16Cl2FN3O3/c1-13-2-9-17(10-3-13)30-23(32)20(26)21(24(30)33)28-15-6-4-14(5-7-15)22(31)29-16-8-11-19(27)18(25)12-16/h2-12,28H,1H3,(H,29,31). The van der Waals surface area contributed by atoms with Gasteiger partial charge in [-0.1, -0.05) is 40.9 Å². The second-order valence-corrected chi connectivity index (χ2v) is 8.04. The number of nitrogens with zero attached hydrogens (tertiary/aromatic N) is 1. The molecule has 3 aromatic carbocycles. The van der Waals surface area contributed by atoms with Crippen LogP contribution in [0.4, 0.5) is 21.5 Å². The highest BCUT2D eigenvalue weighted by Crippen LogP contribution is 2.30. The van der Waals surface area contributed by atoms with E-state index in [1.165, 1.54) is 24.3 Å². The number of amides is 3. The Balaban J connectivity index is 1.47. The molecule has 0 spiro atoms. The Kier molecular flexibility index (Phi) is 6.18. The maximum Gasteiger partial charge on any atom is 0.283 e. The number of rotatable bonds is 5. The summed E-state index contributed by atoms with van der Waals surface area (Å²) in [5.74, 6) is -2.22. The van der Waals surface area contributed by atoms with Crippen LogP contribution in [-0.2, 0) is 9.59 Å². The number of anilines is 3. The molecule has 2 N–H and O–H groups in total. The highest BCUT2D eigenvalue weighted by molar-refractivity contribution is 6.53. The lowest BCUT2D eigenvalue weighted by molar-refractivity contribution is -0.120. The summed E-state index contributed by atoms with van der Waals surface area (Å²) in [6.07, 6.45) is 0. The second kappa shape index (κ2) is 9.05. The zero-order valence-electron chi connectivity index (χ0n) is 17.2. The molecule has 6 nitrogen and oxygen atoms in total. The Morgan fingerprint density at radius 3 is 2.15 bits per heavy atom. The average molecular weight is 484 g/mol. The second-order valence-electron chi connectivity index (χ2n) is 7.26. The lowest BCUT2D eigenvalue weighted by Crippen LogP contribution is -2.32. The number of carbonyl (C=O) groups excluding carboxylic acids is 3. The van der Waals surface area contributed by atoms with Crippen LogP contribution in [0.5, 0.6) is 0 Å². The topological polar surface area (TPSA) is 78.5 Å². The number of imide groups is 1. The van der Waals surface area contributed by atoms with Gasteiger partial charge in [0.05, 0.1) is 10.7 Å². The van der Waals surface area contributed by atoms with Crippen LogP contribution in [0, 0.1) is 12.7 Å². The van der Waals surface area contributed by atoms with Crippen molar-refractivity contribution in [1.82, 2.24) is 0 Å². The fourth-order valence-corrected chi connectivity index (χ4v) is 3.56. The highest BCUT2D eigenvalue weighted by atomic mass is 35.5. The quantitative estimate of drug-likeness (QED) is 0.471. The molecule has 1 aliphatic rings. The van der Waals surface area contributed by atoms with Gasteiger partial charge < -0.3 is 10.6 Å². The molecule has 0 saturated carbocycles. The van der Waals surface area contributed by atoms with Crippen molar-refractivity contribution < 1.29 is 18.8 Å². The number of aryl methyl sites for hydroxylation is 1. The molecule has 0 saturated heterocycles. The third-order valence-corrected chi connectivity index (χ3v) is 5.55. The van der Waals surface area contributed by atoms with Gasteiger partial charge in [-0.25, -0.2) is 9.29 Å². The smallest absolute Gasteiger partial charge is 0.283 e. The van der Waals surface area contributed by atoms with E-state index in [2.05, 4.69) is 10.6 Å². The largest absolute Gasteiger partial charge is 0.350 e. The van der Waals surface area contributed by atoms with Crippen LogP contribution in [0.2, 0.25) is 5.02 Å². The van der Waals surface area contributed by atoms with Gasteiger partial charge >= 0.3 is 0 Å². The Morgan fingerprint density at radius 1 is 0.879 bits per heavy atom. The van der Waals surface area contributed by atoms with Crippen LogP contribution in [0.3, 0.4) is 0 Å². The lowest BCUT2D eigenvalue weighted by atomic mass is 10.2. The summed E-state index contributed by atoms with van der Waals surface area (Å²) in [4.78, 5) is 38.8. The molecule has 0 unspecified atom stereocenters. The SMILES string of the molecule is Cc1ccc(N2C(=O)C(Cl)=C(Nc3ccc(C(=O)Nc4ccc(F)c(Cl)c4)cc3)C2=O)cc1. The number of carbonyl (C=O) groups is 3. The summed E-state index contributed by atoms with van der Waals surface area (Å²) >= 11 is 11.9. The summed E-state index contributed by atoms with van der Waals surface area (Å²) in [6, 6.07) is 17.0. The fourth-order valence-electron chi connectivity index (χ4n) is 3.17. The van der Waals surface area contributed by atoms with Gasteiger partial charge in [0.15, 0.2) is 0 Å². The first kappa shape index (κ1) is 22.5. The maximum absolute atomic E-state index is 13.3. The van der Waals surface area contributed by atoms with E-state index in [4.69, 9.17) is 23.2 Å². The molecule has 9 heteroatoms. The van der Waals surface area contributed by atoms with Crippen molar-refractivity contribution in [2.24, 2.45) is 0 Å². The van der Waals surface area contributed by atoms with E-state index in [0.717, 1.165) is 16.5 Å². The Labute approximate surface area is 198 Å². The van der Waals surface area contributed by atoms with E-state index in [1.54, 1.807) is 36.4 Å². The van der Waals surface area contributed by atoms with Gasteiger partial charge in [0.1, 0.15) is 16.5 Å². The lowest BCUT2D eigenvalue weighted by Gasteiger charge is -2.15. The minimum atomic E-state index is -0.623. The number of nitrogens with one attached hydrogen (secondary N) is 2. The van der Waals surface area contributed by atoms with Gasteiger partial charge in [0, 0.05) is 16.9 Å². The molecule has 0 radical (unpaired) electrons. The molecule has 3 aromatic rings. The summed E-state index contributed by atoms with van der Waals surface area (Å²) < 4.78 is 13.3. The van der Waals surface area contributed by atoms with Gasteiger partial charge in [-0.2, -0.15) is 0 Å². The zero-order valence-corrected chi connectivity index (χ0v) is 18.7. The van der Waals surface area contributed by atoms with Gasteiger partial charge in [-0.3, -0.25) is 14.4 Å². The van der Waals surface area contributed by atoms with Crippen molar-refractivity contribution in [2.45, 2.75) is 6.92 Å². The van der Waals surface area contributed by atoms with E-state index in [9.17, 15) is 18.8 Å². The van der Waals surface area contributed by atoms with E-state index in [0.29, 0.717) is 22.6 Å². The van der Waals surface area contributed by atoms with Gasteiger partial charge in [-0.05, 0) is 61.5 Å². The Hall–Kier alpha value is -3.68. The average Bonchev–Trinajstić information content (AvgIpc) is 3.00. The Bertz CT molecular complexity index is 1310. The molecule has 1 heterocycles. The number of benzene rings is 3. The van der Waals surface area contributed by atoms with Crippen LogP contribution >= 0.6 is 23.2 Å². The van der Waals surface area contributed by atoms with Crippen molar-refractivity contribution in [3.05, 3.63) is 99.4 Å².